The van der Waals surface area contributed by atoms with Gasteiger partial charge < -0.3 is 21.1 Å². The van der Waals surface area contributed by atoms with E-state index in [4.69, 9.17) is 10.5 Å². The molecule has 1 aromatic rings. The van der Waals surface area contributed by atoms with Crippen molar-refractivity contribution in [2.75, 3.05) is 17.7 Å². The van der Waals surface area contributed by atoms with E-state index in [1.165, 1.54) is 14.0 Å². The molecule has 0 heterocycles. The standard InChI is InChI=1S/C15H23N3O3/c1-5-9(2)14(16)15(20)18-11-6-7-12(17-10(3)19)13(8-11)21-4/h6-9,14H,5,16H2,1-4H3,(H,17,19)(H,18,20)/t9-,14-/m0/s1. The number of hydrogen-bond acceptors (Lipinski definition) is 4. The monoisotopic (exact) mass is 293 g/mol. The summed E-state index contributed by atoms with van der Waals surface area (Å²) in [5.41, 5.74) is 7.01. The Balaban J connectivity index is 2.85. The number of rotatable bonds is 6. The van der Waals surface area contributed by atoms with E-state index in [1.807, 2.05) is 13.8 Å². The maximum absolute atomic E-state index is 12.0. The third kappa shape index (κ3) is 4.75. The van der Waals surface area contributed by atoms with Crippen LogP contribution >= 0.6 is 0 Å². The topological polar surface area (TPSA) is 93.5 Å². The van der Waals surface area contributed by atoms with Gasteiger partial charge in [-0.15, -0.1) is 0 Å². The van der Waals surface area contributed by atoms with E-state index < -0.39 is 6.04 Å². The highest BCUT2D eigenvalue weighted by molar-refractivity contribution is 5.96. The van der Waals surface area contributed by atoms with Crippen LogP contribution in [-0.2, 0) is 9.59 Å². The first-order valence-corrected chi connectivity index (χ1v) is 6.91. The average Bonchev–Trinajstić information content (AvgIpc) is 2.46. The zero-order valence-electron chi connectivity index (χ0n) is 12.9. The van der Waals surface area contributed by atoms with E-state index >= 15 is 0 Å². The fraction of sp³-hybridized carbons (Fsp3) is 0.467. The van der Waals surface area contributed by atoms with Crippen LogP contribution in [0.5, 0.6) is 5.75 Å². The summed E-state index contributed by atoms with van der Waals surface area (Å²) in [7, 11) is 1.50. The minimum absolute atomic E-state index is 0.102. The van der Waals surface area contributed by atoms with Crippen molar-refractivity contribution in [1.29, 1.82) is 0 Å². The van der Waals surface area contributed by atoms with Gasteiger partial charge in [0.25, 0.3) is 0 Å². The van der Waals surface area contributed by atoms with Gasteiger partial charge in [0, 0.05) is 18.7 Å². The molecule has 0 saturated carbocycles. The van der Waals surface area contributed by atoms with Gasteiger partial charge in [0.15, 0.2) is 0 Å². The fourth-order valence-electron chi connectivity index (χ4n) is 1.80. The summed E-state index contributed by atoms with van der Waals surface area (Å²) in [6, 6.07) is 4.45. The molecule has 0 aromatic heterocycles. The highest BCUT2D eigenvalue weighted by Crippen LogP contribution is 2.28. The predicted molar refractivity (Wildman–Crippen MR) is 83.4 cm³/mol. The Bertz CT molecular complexity index is 517. The van der Waals surface area contributed by atoms with Crippen molar-refractivity contribution in [3.05, 3.63) is 18.2 Å². The zero-order valence-corrected chi connectivity index (χ0v) is 12.9. The highest BCUT2D eigenvalue weighted by Gasteiger charge is 2.19. The molecule has 0 fully saturated rings. The molecule has 2 amide bonds. The van der Waals surface area contributed by atoms with Crippen LogP contribution in [0.2, 0.25) is 0 Å². The number of carbonyl (C=O) groups excluding carboxylic acids is 2. The van der Waals surface area contributed by atoms with Crippen LogP contribution in [-0.4, -0.2) is 25.0 Å². The molecule has 6 nitrogen and oxygen atoms in total. The van der Waals surface area contributed by atoms with Crippen LogP contribution < -0.4 is 21.1 Å². The number of anilines is 2. The summed E-state index contributed by atoms with van der Waals surface area (Å²) in [6.45, 7) is 5.34. The molecular formula is C15H23N3O3. The normalized spacial score (nSPS) is 13.2. The quantitative estimate of drug-likeness (QED) is 0.747. The molecule has 0 unspecified atom stereocenters. The van der Waals surface area contributed by atoms with Crippen LogP contribution in [0.3, 0.4) is 0 Å². The van der Waals surface area contributed by atoms with E-state index in [2.05, 4.69) is 10.6 Å². The number of amides is 2. The third-order valence-electron chi connectivity index (χ3n) is 3.34. The Morgan fingerprint density at radius 2 is 2.00 bits per heavy atom. The number of methoxy groups -OCH3 is 1. The Labute approximate surface area is 125 Å². The molecule has 0 aliphatic rings. The lowest BCUT2D eigenvalue weighted by molar-refractivity contribution is -0.118. The van der Waals surface area contributed by atoms with Gasteiger partial charge in [-0.2, -0.15) is 0 Å². The summed E-state index contributed by atoms with van der Waals surface area (Å²) in [5.74, 6) is 0.146. The maximum Gasteiger partial charge on any atom is 0.241 e. The molecule has 1 aromatic carbocycles. The van der Waals surface area contributed by atoms with Crippen molar-refractivity contribution in [1.82, 2.24) is 0 Å². The van der Waals surface area contributed by atoms with Gasteiger partial charge in [-0.25, -0.2) is 0 Å². The van der Waals surface area contributed by atoms with Crippen LogP contribution in [0.15, 0.2) is 18.2 Å². The lowest BCUT2D eigenvalue weighted by Gasteiger charge is -2.18. The van der Waals surface area contributed by atoms with Gasteiger partial charge in [0.2, 0.25) is 11.8 Å². The molecule has 4 N–H and O–H groups in total. The average molecular weight is 293 g/mol. The molecule has 0 bridgehead atoms. The van der Waals surface area contributed by atoms with Crippen LogP contribution in [0.4, 0.5) is 11.4 Å². The summed E-state index contributed by atoms with van der Waals surface area (Å²) in [5, 5.41) is 5.41. The van der Waals surface area contributed by atoms with Crippen molar-refractivity contribution in [2.45, 2.75) is 33.2 Å². The second-order valence-corrected chi connectivity index (χ2v) is 5.00. The lowest BCUT2D eigenvalue weighted by Crippen LogP contribution is -2.40. The first-order valence-electron chi connectivity index (χ1n) is 6.91. The number of hydrogen-bond donors (Lipinski definition) is 3. The molecule has 2 atom stereocenters. The molecule has 0 spiro atoms. The largest absolute Gasteiger partial charge is 0.494 e. The predicted octanol–water partition coefficient (Wildman–Crippen LogP) is 1.97. The molecule has 1 rings (SSSR count). The summed E-state index contributed by atoms with van der Waals surface area (Å²) in [4.78, 5) is 23.1. The molecule has 116 valence electrons. The molecule has 21 heavy (non-hydrogen) atoms. The second kappa shape index (κ2) is 7.64. The van der Waals surface area contributed by atoms with Gasteiger partial charge in [-0.05, 0) is 18.1 Å². The molecular weight excluding hydrogens is 270 g/mol. The van der Waals surface area contributed by atoms with Gasteiger partial charge in [0.05, 0.1) is 18.8 Å². The minimum Gasteiger partial charge on any atom is -0.494 e. The van der Waals surface area contributed by atoms with Crippen molar-refractivity contribution < 1.29 is 14.3 Å². The van der Waals surface area contributed by atoms with Gasteiger partial charge >= 0.3 is 0 Å². The van der Waals surface area contributed by atoms with Crippen LogP contribution in [0.25, 0.3) is 0 Å². The molecule has 0 saturated heterocycles. The SMILES string of the molecule is CC[C@H](C)[C@H](N)C(=O)Nc1ccc(NC(C)=O)c(OC)c1. The van der Waals surface area contributed by atoms with E-state index in [9.17, 15) is 9.59 Å². The van der Waals surface area contributed by atoms with Crippen molar-refractivity contribution in [3.63, 3.8) is 0 Å². The molecule has 0 radical (unpaired) electrons. The number of carbonyl (C=O) groups is 2. The smallest absolute Gasteiger partial charge is 0.241 e. The number of benzene rings is 1. The van der Waals surface area contributed by atoms with E-state index in [-0.39, 0.29) is 17.7 Å². The summed E-state index contributed by atoms with van der Waals surface area (Å²) >= 11 is 0. The fourth-order valence-corrected chi connectivity index (χ4v) is 1.80. The van der Waals surface area contributed by atoms with Gasteiger partial charge in [0.1, 0.15) is 5.75 Å². The first-order chi connectivity index (χ1) is 9.88. The first kappa shape index (κ1) is 17.0. The van der Waals surface area contributed by atoms with E-state index in [0.717, 1.165) is 6.42 Å². The molecule has 6 heteroatoms. The number of ether oxygens (including phenoxy) is 1. The van der Waals surface area contributed by atoms with Crippen LogP contribution in [0.1, 0.15) is 27.2 Å². The van der Waals surface area contributed by atoms with Crippen molar-refractivity contribution >= 4 is 23.2 Å². The Morgan fingerprint density at radius 3 is 2.52 bits per heavy atom. The molecule has 0 aliphatic carbocycles. The van der Waals surface area contributed by atoms with Crippen molar-refractivity contribution in [3.8, 4) is 5.75 Å². The summed E-state index contributed by atoms with van der Waals surface area (Å²) in [6.07, 6.45) is 0.833. The molecule has 0 aliphatic heterocycles. The Hall–Kier alpha value is -2.08. The number of nitrogens with two attached hydrogens (primary N) is 1. The van der Waals surface area contributed by atoms with Gasteiger partial charge in [-0.3, -0.25) is 9.59 Å². The number of nitrogens with one attached hydrogen (secondary N) is 2. The van der Waals surface area contributed by atoms with Crippen LogP contribution in [0, 0.1) is 5.92 Å². The Kier molecular flexibility index (Phi) is 6.17. The van der Waals surface area contributed by atoms with E-state index in [0.29, 0.717) is 17.1 Å². The second-order valence-electron chi connectivity index (χ2n) is 5.00. The van der Waals surface area contributed by atoms with E-state index in [1.54, 1.807) is 18.2 Å². The van der Waals surface area contributed by atoms with Crippen molar-refractivity contribution in [2.24, 2.45) is 11.7 Å². The lowest BCUT2D eigenvalue weighted by atomic mass is 9.99. The summed E-state index contributed by atoms with van der Waals surface area (Å²) < 4.78 is 5.20. The minimum atomic E-state index is -0.559. The Morgan fingerprint density at radius 1 is 1.33 bits per heavy atom. The maximum atomic E-state index is 12.0. The third-order valence-corrected chi connectivity index (χ3v) is 3.34. The zero-order chi connectivity index (χ0) is 16.0. The van der Waals surface area contributed by atoms with Gasteiger partial charge in [-0.1, -0.05) is 20.3 Å². The highest BCUT2D eigenvalue weighted by atomic mass is 16.5.